The molecular weight excluding hydrogens is 142 g/mol. The van der Waals surface area contributed by atoms with E-state index in [0.717, 1.165) is 0 Å². The standard InChI is InChI=1S/C7H17N3O/c1-6(4-8)9-5-7(11)10(2)3/h6,9H,4-5,8H2,1-3H3. The SMILES string of the molecule is CC(CN)NCC(=O)N(C)C. The molecule has 0 fully saturated rings. The smallest absolute Gasteiger partial charge is 0.236 e. The van der Waals surface area contributed by atoms with E-state index in [-0.39, 0.29) is 11.9 Å². The van der Waals surface area contributed by atoms with Crippen molar-refractivity contribution in [2.45, 2.75) is 13.0 Å². The van der Waals surface area contributed by atoms with Crippen LogP contribution in [-0.2, 0) is 4.79 Å². The molecule has 0 aliphatic carbocycles. The van der Waals surface area contributed by atoms with Gasteiger partial charge in [0.05, 0.1) is 6.54 Å². The zero-order valence-corrected chi connectivity index (χ0v) is 7.42. The van der Waals surface area contributed by atoms with Crippen LogP contribution in [0.5, 0.6) is 0 Å². The fraction of sp³-hybridized carbons (Fsp3) is 0.857. The van der Waals surface area contributed by atoms with Gasteiger partial charge in [0.25, 0.3) is 0 Å². The fourth-order valence-electron chi connectivity index (χ4n) is 0.503. The molecule has 0 aliphatic rings. The van der Waals surface area contributed by atoms with Crippen molar-refractivity contribution in [2.75, 3.05) is 27.2 Å². The van der Waals surface area contributed by atoms with Crippen molar-refractivity contribution in [1.82, 2.24) is 10.2 Å². The highest BCUT2D eigenvalue weighted by Gasteiger charge is 2.04. The minimum Gasteiger partial charge on any atom is -0.348 e. The van der Waals surface area contributed by atoms with Crippen LogP contribution in [0.1, 0.15) is 6.92 Å². The van der Waals surface area contributed by atoms with Crippen LogP contribution in [0.25, 0.3) is 0 Å². The second-order valence-electron chi connectivity index (χ2n) is 2.81. The number of nitrogens with two attached hydrogens (primary N) is 1. The lowest BCUT2D eigenvalue weighted by Crippen LogP contribution is -2.40. The first kappa shape index (κ1) is 10.4. The summed E-state index contributed by atoms with van der Waals surface area (Å²) in [5.74, 6) is 0.0744. The number of carbonyl (C=O) groups excluding carboxylic acids is 1. The second-order valence-corrected chi connectivity index (χ2v) is 2.81. The quantitative estimate of drug-likeness (QED) is 0.554. The number of hydrogen-bond acceptors (Lipinski definition) is 3. The summed E-state index contributed by atoms with van der Waals surface area (Å²) < 4.78 is 0. The lowest BCUT2D eigenvalue weighted by Gasteiger charge is -2.14. The maximum absolute atomic E-state index is 11.0. The molecule has 0 saturated heterocycles. The molecule has 1 atom stereocenters. The molecule has 0 heterocycles. The van der Waals surface area contributed by atoms with Gasteiger partial charge in [0.15, 0.2) is 0 Å². The highest BCUT2D eigenvalue weighted by Crippen LogP contribution is 1.79. The summed E-state index contributed by atoms with van der Waals surface area (Å²) >= 11 is 0. The normalized spacial score (nSPS) is 12.7. The molecule has 0 spiro atoms. The molecule has 4 heteroatoms. The van der Waals surface area contributed by atoms with Crippen LogP contribution in [0.2, 0.25) is 0 Å². The van der Waals surface area contributed by atoms with E-state index in [9.17, 15) is 4.79 Å². The van der Waals surface area contributed by atoms with Gasteiger partial charge in [-0.25, -0.2) is 0 Å². The largest absolute Gasteiger partial charge is 0.348 e. The third kappa shape index (κ3) is 4.75. The molecule has 0 aromatic rings. The van der Waals surface area contributed by atoms with Gasteiger partial charge in [-0.3, -0.25) is 4.79 Å². The number of nitrogens with one attached hydrogen (secondary N) is 1. The van der Waals surface area contributed by atoms with E-state index in [1.165, 1.54) is 0 Å². The van der Waals surface area contributed by atoms with Crippen molar-refractivity contribution in [3.63, 3.8) is 0 Å². The third-order valence-corrected chi connectivity index (χ3v) is 1.45. The van der Waals surface area contributed by atoms with Gasteiger partial charge in [-0.15, -0.1) is 0 Å². The molecule has 3 N–H and O–H groups in total. The van der Waals surface area contributed by atoms with Crippen LogP contribution in [0, 0.1) is 0 Å². The van der Waals surface area contributed by atoms with Crippen molar-refractivity contribution < 1.29 is 4.79 Å². The Morgan fingerprint density at radius 1 is 1.64 bits per heavy atom. The molecule has 0 rings (SSSR count). The highest BCUT2D eigenvalue weighted by atomic mass is 16.2. The van der Waals surface area contributed by atoms with E-state index in [0.29, 0.717) is 13.1 Å². The minimum atomic E-state index is 0.0744. The molecule has 0 aliphatic heterocycles. The maximum Gasteiger partial charge on any atom is 0.236 e. The molecule has 66 valence electrons. The number of rotatable bonds is 4. The van der Waals surface area contributed by atoms with E-state index >= 15 is 0 Å². The van der Waals surface area contributed by atoms with Gasteiger partial charge < -0.3 is 16.0 Å². The van der Waals surface area contributed by atoms with E-state index in [4.69, 9.17) is 5.73 Å². The lowest BCUT2D eigenvalue weighted by molar-refractivity contribution is -0.127. The van der Waals surface area contributed by atoms with Crippen LogP contribution in [0.4, 0.5) is 0 Å². The lowest BCUT2D eigenvalue weighted by atomic mass is 10.3. The zero-order valence-electron chi connectivity index (χ0n) is 7.42. The van der Waals surface area contributed by atoms with E-state index < -0.39 is 0 Å². The number of carbonyl (C=O) groups is 1. The third-order valence-electron chi connectivity index (χ3n) is 1.45. The van der Waals surface area contributed by atoms with Crippen molar-refractivity contribution in [2.24, 2.45) is 5.73 Å². The second kappa shape index (κ2) is 5.09. The van der Waals surface area contributed by atoms with E-state index in [1.807, 2.05) is 6.92 Å². The Labute approximate surface area is 67.7 Å². The Kier molecular flexibility index (Phi) is 4.81. The monoisotopic (exact) mass is 159 g/mol. The zero-order chi connectivity index (χ0) is 8.85. The van der Waals surface area contributed by atoms with E-state index in [2.05, 4.69) is 5.32 Å². The summed E-state index contributed by atoms with van der Waals surface area (Å²) in [5.41, 5.74) is 5.35. The molecule has 0 saturated carbocycles. The summed E-state index contributed by atoms with van der Waals surface area (Å²) in [6.45, 7) is 2.87. The number of nitrogens with zero attached hydrogens (tertiary/aromatic N) is 1. The highest BCUT2D eigenvalue weighted by molar-refractivity contribution is 5.77. The maximum atomic E-state index is 11.0. The van der Waals surface area contributed by atoms with Crippen molar-refractivity contribution >= 4 is 5.91 Å². The van der Waals surface area contributed by atoms with Crippen molar-refractivity contribution in [3.05, 3.63) is 0 Å². The Morgan fingerprint density at radius 3 is 2.55 bits per heavy atom. The summed E-state index contributed by atoms with van der Waals surface area (Å²) in [5, 5.41) is 3.00. The fourth-order valence-corrected chi connectivity index (χ4v) is 0.503. The van der Waals surface area contributed by atoms with Crippen LogP contribution < -0.4 is 11.1 Å². The van der Waals surface area contributed by atoms with Gasteiger partial charge in [0.1, 0.15) is 0 Å². The summed E-state index contributed by atoms with van der Waals surface area (Å²) in [7, 11) is 3.47. The average molecular weight is 159 g/mol. The molecule has 1 unspecified atom stereocenters. The number of hydrogen-bond donors (Lipinski definition) is 2. The molecular formula is C7H17N3O. The molecule has 0 aromatic heterocycles. The average Bonchev–Trinajstić information content (AvgIpc) is 1.99. The first-order chi connectivity index (χ1) is 5.07. The molecule has 0 bridgehead atoms. The van der Waals surface area contributed by atoms with Crippen LogP contribution in [-0.4, -0.2) is 44.0 Å². The van der Waals surface area contributed by atoms with Gasteiger partial charge in [0, 0.05) is 26.7 Å². The Hall–Kier alpha value is -0.610. The van der Waals surface area contributed by atoms with Crippen LogP contribution in [0.15, 0.2) is 0 Å². The topological polar surface area (TPSA) is 58.4 Å². The van der Waals surface area contributed by atoms with Gasteiger partial charge in [-0.05, 0) is 6.92 Å². The van der Waals surface area contributed by atoms with Crippen molar-refractivity contribution in [1.29, 1.82) is 0 Å². The molecule has 0 aromatic carbocycles. The van der Waals surface area contributed by atoms with E-state index in [1.54, 1.807) is 19.0 Å². The number of likely N-dealkylation sites (N-methyl/N-ethyl adjacent to an activating group) is 1. The molecule has 1 amide bonds. The van der Waals surface area contributed by atoms with Gasteiger partial charge in [-0.1, -0.05) is 0 Å². The Balaban J connectivity index is 3.46. The summed E-state index contributed by atoms with van der Waals surface area (Å²) in [6, 6.07) is 0.207. The molecule has 11 heavy (non-hydrogen) atoms. The van der Waals surface area contributed by atoms with Gasteiger partial charge in [0.2, 0.25) is 5.91 Å². The van der Waals surface area contributed by atoms with Crippen LogP contribution in [0.3, 0.4) is 0 Å². The molecule has 4 nitrogen and oxygen atoms in total. The Bertz CT molecular complexity index is 125. The predicted octanol–water partition coefficient (Wildman–Crippen LogP) is -0.989. The first-order valence-electron chi connectivity index (χ1n) is 3.71. The predicted molar refractivity (Wildman–Crippen MR) is 45.2 cm³/mol. The number of amides is 1. The summed E-state index contributed by atoms with van der Waals surface area (Å²) in [6.07, 6.45) is 0. The van der Waals surface area contributed by atoms with Crippen molar-refractivity contribution in [3.8, 4) is 0 Å². The first-order valence-corrected chi connectivity index (χ1v) is 3.71. The Morgan fingerprint density at radius 2 is 2.18 bits per heavy atom. The summed E-state index contributed by atoms with van der Waals surface area (Å²) in [4.78, 5) is 12.5. The van der Waals surface area contributed by atoms with Gasteiger partial charge >= 0.3 is 0 Å². The minimum absolute atomic E-state index is 0.0744. The molecule has 0 radical (unpaired) electrons. The van der Waals surface area contributed by atoms with Crippen LogP contribution >= 0.6 is 0 Å². The van der Waals surface area contributed by atoms with Gasteiger partial charge in [-0.2, -0.15) is 0 Å².